The van der Waals surface area contributed by atoms with Gasteiger partial charge in [-0.1, -0.05) is 0 Å². The maximum absolute atomic E-state index is 12.6. The van der Waals surface area contributed by atoms with Gasteiger partial charge in [0.25, 0.3) is 0 Å². The third-order valence-electron chi connectivity index (χ3n) is 5.10. The second-order valence-electron chi connectivity index (χ2n) is 6.97. The summed E-state index contributed by atoms with van der Waals surface area (Å²) in [4.78, 5) is 14.9. The molecule has 6 heteroatoms. The zero-order valence-corrected chi connectivity index (χ0v) is 13.1. The largest absolute Gasteiger partial charge is 0.377 e. The first kappa shape index (κ1) is 14.2. The Morgan fingerprint density at radius 1 is 1.41 bits per heavy atom. The van der Waals surface area contributed by atoms with Gasteiger partial charge in [-0.2, -0.15) is 5.10 Å². The monoisotopic (exact) mass is 304 g/mol. The standard InChI is InChI=1S/C16H24N4O2/c1-19-7-11(6-17-19)8-20-9-14(16(21)18-12-2-3-12)13-4-5-22-15(13)10-20/h6-7,12-15H,2-5,8-10H2,1H3,(H,18,21)/t13-,14+,15+/m1/s1. The van der Waals surface area contributed by atoms with Gasteiger partial charge in [-0.05, 0) is 19.3 Å². The first-order chi connectivity index (χ1) is 10.7. The Morgan fingerprint density at radius 2 is 2.27 bits per heavy atom. The quantitative estimate of drug-likeness (QED) is 0.882. The van der Waals surface area contributed by atoms with Crippen LogP contribution in [0.3, 0.4) is 0 Å². The Bertz CT molecular complexity index is 554. The van der Waals surface area contributed by atoms with Crippen molar-refractivity contribution in [1.82, 2.24) is 20.0 Å². The smallest absolute Gasteiger partial charge is 0.225 e. The van der Waals surface area contributed by atoms with Crippen molar-refractivity contribution < 1.29 is 9.53 Å². The lowest BCUT2D eigenvalue weighted by Crippen LogP contribution is -2.52. The summed E-state index contributed by atoms with van der Waals surface area (Å²) >= 11 is 0. The van der Waals surface area contributed by atoms with Crippen molar-refractivity contribution in [2.75, 3.05) is 19.7 Å². The van der Waals surface area contributed by atoms with Crippen LogP contribution in [0.15, 0.2) is 12.4 Å². The van der Waals surface area contributed by atoms with Gasteiger partial charge < -0.3 is 10.1 Å². The SMILES string of the molecule is Cn1cc(CN2C[C@@H]3OCC[C@@H]3[C@@H](C(=O)NC3CC3)C2)cn1. The Balaban J connectivity index is 1.45. The highest BCUT2D eigenvalue weighted by atomic mass is 16.5. The Labute approximate surface area is 130 Å². The molecule has 1 aromatic heterocycles. The number of fused-ring (bicyclic) bond motifs is 1. The molecule has 1 aliphatic carbocycles. The maximum Gasteiger partial charge on any atom is 0.225 e. The lowest BCUT2D eigenvalue weighted by molar-refractivity contribution is -0.131. The van der Waals surface area contributed by atoms with E-state index in [2.05, 4.69) is 15.3 Å². The van der Waals surface area contributed by atoms with Crippen molar-refractivity contribution in [2.45, 2.75) is 38.0 Å². The number of hydrogen-bond acceptors (Lipinski definition) is 4. The molecule has 0 radical (unpaired) electrons. The summed E-state index contributed by atoms with van der Waals surface area (Å²) in [6.45, 7) is 3.39. The molecule has 22 heavy (non-hydrogen) atoms. The zero-order valence-electron chi connectivity index (χ0n) is 13.1. The molecule has 3 atom stereocenters. The van der Waals surface area contributed by atoms with Gasteiger partial charge in [0.05, 0.1) is 18.2 Å². The molecule has 0 spiro atoms. The summed E-state index contributed by atoms with van der Waals surface area (Å²) in [6.07, 6.45) is 7.46. The van der Waals surface area contributed by atoms with Crippen molar-refractivity contribution in [2.24, 2.45) is 18.9 Å². The van der Waals surface area contributed by atoms with Gasteiger partial charge in [0.1, 0.15) is 0 Å². The van der Waals surface area contributed by atoms with E-state index in [1.54, 1.807) is 0 Å². The fraction of sp³-hybridized carbons (Fsp3) is 0.750. The summed E-state index contributed by atoms with van der Waals surface area (Å²) in [5.74, 6) is 0.696. The van der Waals surface area contributed by atoms with E-state index in [9.17, 15) is 4.79 Å². The zero-order chi connectivity index (χ0) is 15.1. The van der Waals surface area contributed by atoms with E-state index < -0.39 is 0 Å². The Hall–Kier alpha value is -1.40. The minimum atomic E-state index is 0.0681. The van der Waals surface area contributed by atoms with Crippen LogP contribution in [0.2, 0.25) is 0 Å². The van der Waals surface area contributed by atoms with Crippen molar-refractivity contribution in [1.29, 1.82) is 0 Å². The van der Waals surface area contributed by atoms with Gasteiger partial charge in [0.15, 0.2) is 0 Å². The van der Waals surface area contributed by atoms with Gasteiger partial charge in [0.2, 0.25) is 5.91 Å². The van der Waals surface area contributed by atoms with E-state index in [4.69, 9.17) is 4.74 Å². The van der Waals surface area contributed by atoms with E-state index in [1.165, 1.54) is 5.56 Å². The summed E-state index contributed by atoms with van der Waals surface area (Å²) in [5.41, 5.74) is 1.19. The number of rotatable bonds is 4. The predicted octanol–water partition coefficient (Wildman–Crippen LogP) is 0.536. The second kappa shape index (κ2) is 5.66. The number of carbonyl (C=O) groups is 1. The van der Waals surface area contributed by atoms with Crippen LogP contribution in [0.4, 0.5) is 0 Å². The number of carbonyl (C=O) groups excluding carboxylic acids is 1. The van der Waals surface area contributed by atoms with Crippen LogP contribution in [0, 0.1) is 11.8 Å². The number of aryl methyl sites for hydroxylation is 1. The van der Waals surface area contributed by atoms with Crippen LogP contribution in [-0.2, 0) is 23.1 Å². The molecule has 6 nitrogen and oxygen atoms in total. The number of nitrogens with zero attached hydrogens (tertiary/aromatic N) is 3. The molecule has 3 heterocycles. The molecule has 2 aliphatic heterocycles. The van der Waals surface area contributed by atoms with Crippen LogP contribution in [0.25, 0.3) is 0 Å². The van der Waals surface area contributed by atoms with Crippen LogP contribution >= 0.6 is 0 Å². The van der Waals surface area contributed by atoms with Crippen molar-refractivity contribution in [3.05, 3.63) is 18.0 Å². The lowest BCUT2D eigenvalue weighted by Gasteiger charge is -2.39. The van der Waals surface area contributed by atoms with Crippen LogP contribution in [0.1, 0.15) is 24.8 Å². The summed E-state index contributed by atoms with van der Waals surface area (Å²) in [7, 11) is 1.93. The molecule has 1 N–H and O–H groups in total. The minimum absolute atomic E-state index is 0.0681. The summed E-state index contributed by atoms with van der Waals surface area (Å²) in [5, 5.41) is 7.42. The third-order valence-corrected chi connectivity index (χ3v) is 5.10. The number of amides is 1. The molecule has 1 amide bonds. The maximum atomic E-state index is 12.6. The number of piperidine rings is 1. The lowest BCUT2D eigenvalue weighted by atomic mass is 9.82. The number of nitrogens with one attached hydrogen (secondary N) is 1. The number of hydrogen-bond donors (Lipinski definition) is 1. The number of ether oxygens (including phenoxy) is 1. The number of likely N-dealkylation sites (tertiary alicyclic amines) is 1. The predicted molar refractivity (Wildman–Crippen MR) is 81.0 cm³/mol. The summed E-state index contributed by atoms with van der Waals surface area (Å²) < 4.78 is 7.71. The second-order valence-corrected chi connectivity index (χ2v) is 6.97. The highest BCUT2D eigenvalue weighted by molar-refractivity contribution is 5.80. The molecule has 1 aromatic rings. The number of aromatic nitrogens is 2. The first-order valence-corrected chi connectivity index (χ1v) is 8.31. The van der Waals surface area contributed by atoms with Crippen LogP contribution in [0.5, 0.6) is 0 Å². The highest BCUT2D eigenvalue weighted by Gasteiger charge is 2.44. The fourth-order valence-corrected chi connectivity index (χ4v) is 3.81. The van der Waals surface area contributed by atoms with Crippen LogP contribution < -0.4 is 5.32 Å². The normalized spacial score (nSPS) is 32.0. The molecular weight excluding hydrogens is 280 g/mol. The minimum Gasteiger partial charge on any atom is -0.377 e. The van der Waals surface area contributed by atoms with E-state index in [1.807, 2.05) is 24.1 Å². The molecule has 1 saturated carbocycles. The highest BCUT2D eigenvalue weighted by Crippen LogP contribution is 2.35. The average molecular weight is 304 g/mol. The molecule has 2 saturated heterocycles. The molecular formula is C16H24N4O2. The molecule has 3 fully saturated rings. The Morgan fingerprint density at radius 3 is 3.00 bits per heavy atom. The molecule has 0 aromatic carbocycles. The molecule has 4 rings (SSSR count). The van der Waals surface area contributed by atoms with E-state index >= 15 is 0 Å². The average Bonchev–Trinajstić information content (AvgIpc) is 3.01. The first-order valence-electron chi connectivity index (χ1n) is 8.31. The van der Waals surface area contributed by atoms with Crippen LogP contribution in [-0.4, -0.2) is 52.4 Å². The van der Waals surface area contributed by atoms with Gasteiger partial charge >= 0.3 is 0 Å². The van der Waals surface area contributed by atoms with Gasteiger partial charge in [0, 0.05) is 57.0 Å². The van der Waals surface area contributed by atoms with Gasteiger partial charge in [-0.25, -0.2) is 0 Å². The Kier molecular flexibility index (Phi) is 3.66. The van der Waals surface area contributed by atoms with Crippen molar-refractivity contribution in [3.8, 4) is 0 Å². The topological polar surface area (TPSA) is 59.4 Å². The third kappa shape index (κ3) is 2.90. The molecule has 120 valence electrons. The fourth-order valence-electron chi connectivity index (χ4n) is 3.81. The van der Waals surface area contributed by atoms with E-state index in [0.29, 0.717) is 12.0 Å². The van der Waals surface area contributed by atoms with E-state index in [0.717, 1.165) is 45.5 Å². The van der Waals surface area contributed by atoms with E-state index in [-0.39, 0.29) is 17.9 Å². The molecule has 3 aliphatic rings. The van der Waals surface area contributed by atoms with Crippen molar-refractivity contribution in [3.63, 3.8) is 0 Å². The van der Waals surface area contributed by atoms with Gasteiger partial charge in [-0.15, -0.1) is 0 Å². The summed E-state index contributed by atoms with van der Waals surface area (Å²) in [6, 6.07) is 0.432. The van der Waals surface area contributed by atoms with Gasteiger partial charge in [-0.3, -0.25) is 14.4 Å². The molecule has 0 unspecified atom stereocenters. The molecule has 0 bridgehead atoms. The van der Waals surface area contributed by atoms with Crippen molar-refractivity contribution >= 4 is 5.91 Å².